The van der Waals surface area contributed by atoms with Crippen molar-refractivity contribution in [2.75, 3.05) is 6.61 Å². The van der Waals surface area contributed by atoms with Crippen LogP contribution < -0.4 is 5.32 Å². The fourth-order valence-corrected chi connectivity index (χ4v) is 3.82. The molecule has 10 heteroatoms. The molecule has 3 aromatic heterocycles. The van der Waals surface area contributed by atoms with E-state index in [1.807, 2.05) is 19.1 Å². The molecular weight excluding hydrogens is 456 g/mol. The molecule has 1 amide bonds. The van der Waals surface area contributed by atoms with E-state index in [4.69, 9.17) is 16.7 Å². The van der Waals surface area contributed by atoms with Crippen LogP contribution in [0.4, 0.5) is 0 Å². The average molecular weight is 477 g/mol. The van der Waals surface area contributed by atoms with Crippen molar-refractivity contribution in [3.05, 3.63) is 70.8 Å². The third-order valence-electron chi connectivity index (χ3n) is 5.32. The van der Waals surface area contributed by atoms with E-state index in [-0.39, 0.29) is 5.69 Å². The minimum atomic E-state index is -1.10. The molecule has 0 radical (unpaired) electrons. The largest absolute Gasteiger partial charge is 0.394 e. The van der Waals surface area contributed by atoms with Crippen LogP contribution >= 0.6 is 11.6 Å². The molecular formula is C24H21ClN6O3. The van der Waals surface area contributed by atoms with Gasteiger partial charge in [0.05, 0.1) is 35.9 Å². The summed E-state index contributed by atoms with van der Waals surface area (Å²) in [6.07, 6.45) is 0.514. The predicted octanol–water partition coefficient (Wildman–Crippen LogP) is 2.76. The minimum absolute atomic E-state index is 0.111. The van der Waals surface area contributed by atoms with Gasteiger partial charge in [-0.15, -0.1) is 0 Å². The van der Waals surface area contributed by atoms with Gasteiger partial charge >= 0.3 is 0 Å². The Morgan fingerprint density at radius 3 is 2.74 bits per heavy atom. The molecule has 1 unspecified atom stereocenters. The highest BCUT2D eigenvalue weighted by Gasteiger charge is 2.22. The quantitative estimate of drug-likeness (QED) is 0.364. The monoisotopic (exact) mass is 476 g/mol. The summed E-state index contributed by atoms with van der Waals surface area (Å²) in [6.45, 7) is 2.93. The molecule has 0 saturated carbocycles. The van der Waals surface area contributed by atoms with Crippen LogP contribution in [0.1, 0.15) is 28.7 Å². The van der Waals surface area contributed by atoms with E-state index in [0.717, 1.165) is 0 Å². The fraction of sp³-hybridized carbons (Fsp3) is 0.208. The van der Waals surface area contributed by atoms with Crippen LogP contribution in [0, 0.1) is 18.3 Å². The number of carbonyl (C=O) groups is 1. The van der Waals surface area contributed by atoms with E-state index >= 15 is 0 Å². The molecule has 0 aliphatic carbocycles. The number of aliphatic hydroxyl groups is 2. The zero-order valence-electron chi connectivity index (χ0n) is 18.4. The second-order valence-corrected chi connectivity index (χ2v) is 8.22. The number of nitriles is 1. The van der Waals surface area contributed by atoms with Crippen LogP contribution in [0.25, 0.3) is 28.0 Å². The van der Waals surface area contributed by atoms with Gasteiger partial charge < -0.3 is 15.5 Å². The number of pyridine rings is 1. The number of hydrogen-bond donors (Lipinski definition) is 3. The number of aryl methyl sites for hydroxylation is 1. The van der Waals surface area contributed by atoms with E-state index in [2.05, 4.69) is 26.5 Å². The van der Waals surface area contributed by atoms with Crippen molar-refractivity contribution in [2.24, 2.45) is 0 Å². The van der Waals surface area contributed by atoms with E-state index in [1.165, 1.54) is 6.07 Å². The van der Waals surface area contributed by atoms with E-state index in [0.29, 0.717) is 44.4 Å². The van der Waals surface area contributed by atoms with Crippen molar-refractivity contribution in [1.82, 2.24) is 24.9 Å². The van der Waals surface area contributed by atoms with Crippen molar-refractivity contribution >= 4 is 23.2 Å². The molecule has 0 fully saturated rings. The normalized spacial score (nSPS) is 12.8. The average Bonchev–Trinajstić information content (AvgIpc) is 3.21. The van der Waals surface area contributed by atoms with Crippen molar-refractivity contribution in [3.63, 3.8) is 0 Å². The van der Waals surface area contributed by atoms with Gasteiger partial charge in [-0.2, -0.15) is 10.4 Å². The second kappa shape index (κ2) is 9.57. The number of carbonyl (C=O) groups excluding carboxylic acids is 1. The molecule has 2 atom stereocenters. The smallest absolute Gasteiger partial charge is 0.270 e. The maximum absolute atomic E-state index is 12.8. The topological polar surface area (TPSA) is 136 Å². The molecule has 0 spiro atoms. The lowest BCUT2D eigenvalue weighted by Crippen LogP contribution is -2.43. The highest BCUT2D eigenvalue weighted by molar-refractivity contribution is 6.29. The summed E-state index contributed by atoms with van der Waals surface area (Å²) in [7, 11) is 0. The SMILES string of the molecule is Cc1cc(-c2c(-c3cccc(C#N)c3)nn3ccc(C(=O)NC(C)[C@H](O)CO)nc23)cc(Cl)n1. The first kappa shape index (κ1) is 23.3. The summed E-state index contributed by atoms with van der Waals surface area (Å²) < 4.78 is 1.55. The molecule has 3 N–H and O–H groups in total. The highest BCUT2D eigenvalue weighted by atomic mass is 35.5. The standard InChI is InChI=1S/C24H21ClN6O3/c1-13-8-17(10-20(25)27-13)21-22(16-5-3-4-15(9-16)11-26)30-31-7-6-18(29-23(21)31)24(34)28-14(2)19(33)12-32/h3-10,14,19,32-33H,12H2,1-2H3,(H,28,34)/t14?,19-/m1/s1. The molecule has 4 rings (SSSR count). The summed E-state index contributed by atoms with van der Waals surface area (Å²) in [6, 6.07) is 13.5. The van der Waals surface area contributed by atoms with Crippen molar-refractivity contribution in [2.45, 2.75) is 26.0 Å². The molecule has 0 aliphatic heterocycles. The number of benzene rings is 1. The minimum Gasteiger partial charge on any atom is -0.394 e. The maximum Gasteiger partial charge on any atom is 0.270 e. The fourth-order valence-electron chi connectivity index (χ4n) is 3.57. The van der Waals surface area contributed by atoms with Crippen molar-refractivity contribution in [3.8, 4) is 28.5 Å². The molecule has 1 aromatic carbocycles. The van der Waals surface area contributed by atoms with Crippen LogP contribution in [0.5, 0.6) is 0 Å². The van der Waals surface area contributed by atoms with Gasteiger partial charge in [-0.05, 0) is 49.7 Å². The maximum atomic E-state index is 12.8. The number of amides is 1. The molecule has 4 aromatic rings. The van der Waals surface area contributed by atoms with Gasteiger partial charge in [0.15, 0.2) is 5.65 Å². The number of aromatic nitrogens is 4. The van der Waals surface area contributed by atoms with E-state index in [9.17, 15) is 15.2 Å². The van der Waals surface area contributed by atoms with Gasteiger partial charge in [0, 0.05) is 17.5 Å². The first-order valence-electron chi connectivity index (χ1n) is 10.4. The predicted molar refractivity (Wildman–Crippen MR) is 126 cm³/mol. The summed E-state index contributed by atoms with van der Waals surface area (Å²) in [5.74, 6) is -0.508. The van der Waals surface area contributed by atoms with Gasteiger partial charge in [0.2, 0.25) is 0 Å². The summed E-state index contributed by atoms with van der Waals surface area (Å²) in [4.78, 5) is 21.5. The zero-order valence-corrected chi connectivity index (χ0v) is 19.2. The van der Waals surface area contributed by atoms with Crippen molar-refractivity contribution < 1.29 is 15.0 Å². The summed E-state index contributed by atoms with van der Waals surface area (Å²) in [5.41, 5.74) is 4.29. The Morgan fingerprint density at radius 1 is 1.24 bits per heavy atom. The molecule has 172 valence electrons. The van der Waals surface area contributed by atoms with Gasteiger partial charge in [-0.25, -0.2) is 14.5 Å². The number of fused-ring (bicyclic) bond motifs is 1. The Morgan fingerprint density at radius 2 is 2.03 bits per heavy atom. The van der Waals surface area contributed by atoms with Gasteiger partial charge in [0.1, 0.15) is 16.5 Å². The number of rotatable bonds is 6. The van der Waals surface area contributed by atoms with E-state index in [1.54, 1.807) is 41.9 Å². The molecule has 3 heterocycles. The number of aliphatic hydroxyl groups excluding tert-OH is 2. The molecule has 34 heavy (non-hydrogen) atoms. The first-order chi connectivity index (χ1) is 16.3. The Kier molecular flexibility index (Phi) is 6.56. The molecule has 9 nitrogen and oxygen atoms in total. The van der Waals surface area contributed by atoms with Gasteiger partial charge in [-0.1, -0.05) is 23.7 Å². The van der Waals surface area contributed by atoms with Gasteiger partial charge in [-0.3, -0.25) is 4.79 Å². The van der Waals surface area contributed by atoms with Crippen LogP contribution in [-0.2, 0) is 0 Å². The first-order valence-corrected chi connectivity index (χ1v) is 10.8. The van der Waals surface area contributed by atoms with Crippen LogP contribution in [0.15, 0.2) is 48.7 Å². The lowest BCUT2D eigenvalue weighted by Gasteiger charge is -2.17. The number of nitrogens with zero attached hydrogens (tertiary/aromatic N) is 5. The number of hydrogen-bond acceptors (Lipinski definition) is 7. The number of halogens is 1. The lowest BCUT2D eigenvalue weighted by molar-refractivity contribution is 0.0609. The Bertz CT molecular complexity index is 1410. The second-order valence-electron chi connectivity index (χ2n) is 7.83. The molecule has 0 aliphatic rings. The van der Waals surface area contributed by atoms with Crippen molar-refractivity contribution in [1.29, 1.82) is 5.26 Å². The summed E-state index contributed by atoms with van der Waals surface area (Å²) >= 11 is 6.24. The third kappa shape index (κ3) is 4.61. The molecule has 0 saturated heterocycles. The van der Waals surface area contributed by atoms with Crippen LogP contribution in [-0.4, -0.2) is 54.5 Å². The lowest BCUT2D eigenvalue weighted by atomic mass is 10.00. The van der Waals surface area contributed by atoms with Crippen LogP contribution in [0.3, 0.4) is 0 Å². The summed E-state index contributed by atoms with van der Waals surface area (Å²) in [5, 5.41) is 35.8. The molecule has 0 bridgehead atoms. The van der Waals surface area contributed by atoms with E-state index < -0.39 is 24.7 Å². The zero-order chi connectivity index (χ0) is 24.4. The Labute approximate surface area is 200 Å². The van der Waals surface area contributed by atoms with Crippen LogP contribution in [0.2, 0.25) is 5.15 Å². The Balaban J connectivity index is 1.90. The third-order valence-corrected chi connectivity index (χ3v) is 5.51. The highest BCUT2D eigenvalue weighted by Crippen LogP contribution is 2.36. The van der Waals surface area contributed by atoms with Gasteiger partial charge in [0.25, 0.3) is 5.91 Å². The Hall–Kier alpha value is -3.84. The number of nitrogens with one attached hydrogen (secondary N) is 1.